The summed E-state index contributed by atoms with van der Waals surface area (Å²) in [6, 6.07) is -1.67. The normalized spacial score (nSPS) is 45.5. The molecule has 2 fully saturated rings. The molecule has 2 aliphatic rings. The van der Waals surface area contributed by atoms with E-state index in [-0.39, 0.29) is 6.61 Å². The molecule has 2 aliphatic heterocycles. The molecule has 5 unspecified atom stereocenters. The third-order valence-electron chi connectivity index (χ3n) is 5.41. The van der Waals surface area contributed by atoms with Crippen molar-refractivity contribution in [3.8, 4) is 0 Å². The van der Waals surface area contributed by atoms with Gasteiger partial charge >= 0.3 is 0 Å². The predicted octanol–water partition coefficient (Wildman–Crippen LogP) is -2.55. The molecular formula is C17H32N2O8. The van der Waals surface area contributed by atoms with E-state index in [9.17, 15) is 25.2 Å². The molecule has 10 atom stereocenters. The van der Waals surface area contributed by atoms with Crippen molar-refractivity contribution in [2.75, 3.05) is 13.2 Å². The van der Waals surface area contributed by atoms with Crippen LogP contribution in [0.4, 0.5) is 0 Å². The van der Waals surface area contributed by atoms with Gasteiger partial charge in [0.25, 0.3) is 0 Å². The first-order chi connectivity index (χ1) is 12.7. The van der Waals surface area contributed by atoms with Gasteiger partial charge < -0.3 is 45.7 Å². The summed E-state index contributed by atoms with van der Waals surface area (Å²) < 4.78 is 17.2. The monoisotopic (exact) mass is 392 g/mol. The van der Waals surface area contributed by atoms with Crippen molar-refractivity contribution in [2.45, 2.75) is 82.2 Å². The second kappa shape index (κ2) is 9.57. The predicted molar refractivity (Wildman–Crippen MR) is 93.4 cm³/mol. The minimum absolute atomic E-state index is 0.341. The first kappa shape index (κ1) is 22.4. The molecule has 10 heteroatoms. The van der Waals surface area contributed by atoms with Crippen molar-refractivity contribution >= 4 is 5.91 Å². The number of aliphatic hydroxyl groups excluding tert-OH is 4. The summed E-state index contributed by atoms with van der Waals surface area (Å²) in [6.45, 7) is 4.07. The van der Waals surface area contributed by atoms with Gasteiger partial charge in [-0.3, -0.25) is 4.79 Å². The van der Waals surface area contributed by atoms with Gasteiger partial charge in [0, 0.05) is 12.8 Å². The van der Waals surface area contributed by atoms with Crippen molar-refractivity contribution in [3.05, 3.63) is 0 Å². The zero-order valence-corrected chi connectivity index (χ0v) is 15.9. The van der Waals surface area contributed by atoms with Gasteiger partial charge in [-0.1, -0.05) is 6.92 Å². The van der Waals surface area contributed by atoms with Crippen molar-refractivity contribution in [2.24, 2.45) is 11.7 Å². The highest BCUT2D eigenvalue weighted by Gasteiger charge is 2.49. The van der Waals surface area contributed by atoms with Gasteiger partial charge in [0.2, 0.25) is 5.91 Å². The number of carbonyl (C=O) groups is 1. The molecule has 27 heavy (non-hydrogen) atoms. The highest BCUT2D eigenvalue weighted by molar-refractivity contribution is 5.73. The van der Waals surface area contributed by atoms with E-state index < -0.39 is 73.4 Å². The van der Waals surface area contributed by atoms with Crippen LogP contribution >= 0.6 is 0 Å². The van der Waals surface area contributed by atoms with Crippen LogP contribution in [0.1, 0.15) is 27.2 Å². The number of carbonyl (C=O) groups excluding carboxylic acids is 1. The molecule has 0 aliphatic carbocycles. The first-order valence-corrected chi connectivity index (χ1v) is 9.32. The fourth-order valence-corrected chi connectivity index (χ4v) is 3.82. The lowest BCUT2D eigenvalue weighted by atomic mass is 9.85. The highest BCUT2D eigenvalue weighted by Crippen LogP contribution is 2.32. The van der Waals surface area contributed by atoms with Gasteiger partial charge in [-0.05, 0) is 13.3 Å². The van der Waals surface area contributed by atoms with E-state index in [1.54, 1.807) is 6.92 Å². The van der Waals surface area contributed by atoms with Crippen molar-refractivity contribution in [3.63, 3.8) is 0 Å². The molecule has 2 saturated heterocycles. The summed E-state index contributed by atoms with van der Waals surface area (Å²) in [6.07, 6.45) is -5.92. The second-order valence-electron chi connectivity index (χ2n) is 7.25. The van der Waals surface area contributed by atoms with Crippen LogP contribution in [-0.4, -0.2) is 94.5 Å². The summed E-state index contributed by atoms with van der Waals surface area (Å²) in [7, 11) is 0. The molecule has 10 nitrogen and oxygen atoms in total. The SMILES string of the molecule is CC[C@@H]1C(CO)O[C@@H](O[C@@H]2C(CO)O[C@@H](C)C(N)C2O)C(NC(C)=O)[C@H]1O. The number of nitrogens with one attached hydrogen (secondary N) is 1. The summed E-state index contributed by atoms with van der Waals surface area (Å²) in [5.41, 5.74) is 5.94. The number of nitrogens with two attached hydrogens (primary N) is 1. The van der Waals surface area contributed by atoms with E-state index in [0.29, 0.717) is 6.42 Å². The maximum Gasteiger partial charge on any atom is 0.217 e. The third-order valence-corrected chi connectivity index (χ3v) is 5.41. The summed E-state index contributed by atoms with van der Waals surface area (Å²) in [5, 5.41) is 43.0. The van der Waals surface area contributed by atoms with Crippen LogP contribution in [0, 0.1) is 5.92 Å². The Hall–Kier alpha value is -0.850. The Balaban J connectivity index is 2.24. The maximum absolute atomic E-state index is 11.6. The average Bonchev–Trinajstić information content (AvgIpc) is 2.63. The standard InChI is InChI=1S/C17H32N2O8/c1-4-9-10(5-20)26-17(13(14(9)23)19-8(3)22)27-16-11(6-21)25-7(2)12(18)15(16)24/h7,9-17,20-21,23-24H,4-6,18H2,1-3H3,(H,19,22)/t7-,9+,10?,11?,12?,13?,14-,15?,16+,17-/m0/s1. The molecule has 2 rings (SSSR count). The van der Waals surface area contributed by atoms with Crippen LogP contribution < -0.4 is 11.1 Å². The van der Waals surface area contributed by atoms with Crippen molar-refractivity contribution in [1.29, 1.82) is 0 Å². The van der Waals surface area contributed by atoms with Crippen LogP contribution in [-0.2, 0) is 19.0 Å². The second-order valence-corrected chi connectivity index (χ2v) is 7.25. The van der Waals surface area contributed by atoms with E-state index in [4.69, 9.17) is 19.9 Å². The Morgan fingerprint density at radius 1 is 1.15 bits per heavy atom. The smallest absolute Gasteiger partial charge is 0.217 e. The minimum atomic E-state index is -1.17. The van der Waals surface area contributed by atoms with Gasteiger partial charge in [0.15, 0.2) is 6.29 Å². The Morgan fingerprint density at radius 3 is 2.30 bits per heavy atom. The van der Waals surface area contributed by atoms with E-state index in [1.165, 1.54) is 6.92 Å². The molecule has 0 aromatic carbocycles. The fourth-order valence-electron chi connectivity index (χ4n) is 3.82. The van der Waals surface area contributed by atoms with Crippen LogP contribution in [0.3, 0.4) is 0 Å². The first-order valence-electron chi connectivity index (χ1n) is 9.32. The topological polar surface area (TPSA) is 164 Å². The lowest BCUT2D eigenvalue weighted by Gasteiger charge is -2.48. The zero-order valence-electron chi connectivity index (χ0n) is 15.9. The van der Waals surface area contributed by atoms with E-state index in [1.807, 2.05) is 6.92 Å². The lowest BCUT2D eigenvalue weighted by Crippen LogP contribution is -2.67. The van der Waals surface area contributed by atoms with Gasteiger partial charge in [-0.2, -0.15) is 0 Å². The van der Waals surface area contributed by atoms with Gasteiger partial charge in [0.1, 0.15) is 24.4 Å². The quantitative estimate of drug-likeness (QED) is 0.285. The fraction of sp³-hybridized carbons (Fsp3) is 0.941. The van der Waals surface area contributed by atoms with Crippen LogP contribution in [0.2, 0.25) is 0 Å². The number of aliphatic hydroxyl groups is 4. The number of hydrogen-bond acceptors (Lipinski definition) is 9. The van der Waals surface area contributed by atoms with Crippen LogP contribution in [0.5, 0.6) is 0 Å². The van der Waals surface area contributed by atoms with Gasteiger partial charge in [-0.25, -0.2) is 0 Å². The van der Waals surface area contributed by atoms with Crippen molar-refractivity contribution in [1.82, 2.24) is 5.32 Å². The van der Waals surface area contributed by atoms with Crippen LogP contribution in [0.15, 0.2) is 0 Å². The Kier molecular flexibility index (Phi) is 7.95. The summed E-state index contributed by atoms with van der Waals surface area (Å²) in [5.74, 6) is -0.798. The van der Waals surface area contributed by atoms with E-state index in [0.717, 1.165) is 0 Å². The Morgan fingerprint density at radius 2 is 1.78 bits per heavy atom. The Bertz CT molecular complexity index is 494. The molecule has 0 saturated carbocycles. The molecule has 0 radical (unpaired) electrons. The largest absolute Gasteiger partial charge is 0.394 e. The molecule has 0 aromatic rings. The molecule has 2 heterocycles. The molecule has 0 aromatic heterocycles. The zero-order chi connectivity index (χ0) is 20.3. The Labute approximate surface area is 158 Å². The third kappa shape index (κ3) is 4.77. The average molecular weight is 392 g/mol. The van der Waals surface area contributed by atoms with E-state index >= 15 is 0 Å². The molecule has 0 spiro atoms. The number of ether oxygens (including phenoxy) is 3. The number of rotatable bonds is 6. The molecule has 158 valence electrons. The molecule has 0 bridgehead atoms. The minimum Gasteiger partial charge on any atom is -0.394 e. The molecule has 1 amide bonds. The molecular weight excluding hydrogens is 360 g/mol. The summed E-state index contributed by atoms with van der Waals surface area (Å²) >= 11 is 0. The molecule has 7 N–H and O–H groups in total. The number of amides is 1. The lowest BCUT2D eigenvalue weighted by molar-refractivity contribution is -0.306. The maximum atomic E-state index is 11.6. The van der Waals surface area contributed by atoms with Gasteiger partial charge in [0.05, 0.1) is 37.6 Å². The van der Waals surface area contributed by atoms with Crippen LogP contribution in [0.25, 0.3) is 0 Å². The summed E-state index contributed by atoms with van der Waals surface area (Å²) in [4.78, 5) is 11.6. The van der Waals surface area contributed by atoms with Gasteiger partial charge in [-0.15, -0.1) is 0 Å². The van der Waals surface area contributed by atoms with Crippen molar-refractivity contribution < 1.29 is 39.4 Å². The highest BCUT2D eigenvalue weighted by atomic mass is 16.7. The number of hydrogen-bond donors (Lipinski definition) is 6. The van der Waals surface area contributed by atoms with E-state index in [2.05, 4.69) is 5.32 Å².